The predicted molar refractivity (Wildman–Crippen MR) is 104 cm³/mol. The highest BCUT2D eigenvalue weighted by atomic mass is 32.1. The molecular weight excluding hydrogens is 348 g/mol. The van der Waals surface area contributed by atoms with Crippen LogP contribution in [0, 0.1) is 12.8 Å². The quantitative estimate of drug-likeness (QED) is 0.556. The zero-order chi connectivity index (χ0) is 18.4. The first-order valence-corrected chi connectivity index (χ1v) is 9.49. The molecule has 4 rings (SSSR count). The Balaban J connectivity index is 1.96. The van der Waals surface area contributed by atoms with Crippen molar-refractivity contribution in [3.8, 4) is 0 Å². The van der Waals surface area contributed by atoms with Crippen LogP contribution in [0.2, 0.25) is 0 Å². The first-order chi connectivity index (χ1) is 12.5. The van der Waals surface area contributed by atoms with Gasteiger partial charge in [0.05, 0.1) is 12.1 Å². The number of benzene rings is 1. The molecule has 0 atom stereocenters. The molecule has 3 heterocycles. The van der Waals surface area contributed by atoms with Gasteiger partial charge < -0.3 is 0 Å². The fraction of sp³-hybridized carbons (Fsp3) is 0.316. The van der Waals surface area contributed by atoms with Gasteiger partial charge in [-0.2, -0.15) is 0 Å². The van der Waals surface area contributed by atoms with Gasteiger partial charge in [-0.3, -0.25) is 9.36 Å². The van der Waals surface area contributed by atoms with Gasteiger partial charge in [0.1, 0.15) is 4.70 Å². The van der Waals surface area contributed by atoms with E-state index in [1.54, 1.807) is 8.97 Å². The van der Waals surface area contributed by atoms with Gasteiger partial charge in [-0.15, -0.1) is 16.4 Å². The summed E-state index contributed by atoms with van der Waals surface area (Å²) in [6, 6.07) is 9.83. The third kappa shape index (κ3) is 2.68. The molecule has 0 saturated heterocycles. The Hall–Kier alpha value is -2.67. The van der Waals surface area contributed by atoms with E-state index < -0.39 is 0 Å². The fourth-order valence-corrected chi connectivity index (χ4v) is 3.96. The zero-order valence-corrected chi connectivity index (χ0v) is 15.8. The highest BCUT2D eigenvalue weighted by Gasteiger charge is 2.18. The van der Waals surface area contributed by atoms with E-state index in [2.05, 4.69) is 5.10 Å². The molecule has 0 aliphatic heterocycles. The largest absolute Gasteiger partial charge is 0.352 e. The molecule has 0 aliphatic rings. The van der Waals surface area contributed by atoms with Crippen LogP contribution in [0.15, 0.2) is 45.3 Å². The minimum absolute atomic E-state index is 0.0799. The number of aromatic nitrogens is 4. The molecule has 134 valence electrons. The molecule has 0 N–H and O–H groups in total. The van der Waals surface area contributed by atoms with E-state index in [1.807, 2.05) is 56.5 Å². The summed E-state index contributed by atoms with van der Waals surface area (Å²) in [5, 5.41) is 6.35. The first-order valence-electron chi connectivity index (χ1n) is 8.61. The van der Waals surface area contributed by atoms with Crippen LogP contribution >= 0.6 is 11.3 Å². The van der Waals surface area contributed by atoms with Crippen molar-refractivity contribution in [2.45, 2.75) is 33.9 Å². The van der Waals surface area contributed by atoms with Crippen LogP contribution in [0.4, 0.5) is 0 Å². The maximum absolute atomic E-state index is 13.0. The Morgan fingerprint density at radius 3 is 2.54 bits per heavy atom. The van der Waals surface area contributed by atoms with Crippen molar-refractivity contribution in [1.82, 2.24) is 18.7 Å². The van der Waals surface area contributed by atoms with Gasteiger partial charge in [0.15, 0.2) is 0 Å². The summed E-state index contributed by atoms with van der Waals surface area (Å²) in [5.41, 5.74) is 2.50. The van der Waals surface area contributed by atoms with Crippen LogP contribution in [0.1, 0.15) is 25.0 Å². The minimum atomic E-state index is -0.221. The Labute approximate surface area is 153 Å². The molecule has 0 aliphatic carbocycles. The van der Waals surface area contributed by atoms with E-state index in [0.717, 1.165) is 5.56 Å². The molecule has 0 spiro atoms. The summed E-state index contributed by atoms with van der Waals surface area (Å²) in [7, 11) is 0. The summed E-state index contributed by atoms with van der Waals surface area (Å²) >= 11 is 1.36. The average Bonchev–Trinajstić information content (AvgIpc) is 3.19. The second-order valence-corrected chi connectivity index (χ2v) is 7.92. The number of fused-ring (bicyclic) bond motifs is 3. The standard InChI is InChI=1S/C19H20N4O2S/c1-12(2)10-21-17(24)16-15(8-9-26-16)23-18(21)20-22(19(23)25)11-14-6-4-13(3)5-7-14/h4-9,12H,10-11H2,1-3H3. The number of thiophene rings is 1. The summed E-state index contributed by atoms with van der Waals surface area (Å²) in [6.07, 6.45) is 0. The lowest BCUT2D eigenvalue weighted by atomic mass is 10.1. The molecule has 0 unspecified atom stereocenters. The second-order valence-electron chi connectivity index (χ2n) is 7.01. The van der Waals surface area contributed by atoms with Crippen molar-refractivity contribution in [2.75, 3.05) is 0 Å². The van der Waals surface area contributed by atoms with Crippen molar-refractivity contribution in [3.05, 3.63) is 67.7 Å². The third-order valence-electron chi connectivity index (χ3n) is 4.39. The van der Waals surface area contributed by atoms with Gasteiger partial charge in [0.2, 0.25) is 5.78 Å². The van der Waals surface area contributed by atoms with Gasteiger partial charge in [-0.05, 0) is 29.9 Å². The fourth-order valence-electron chi connectivity index (χ4n) is 3.13. The summed E-state index contributed by atoms with van der Waals surface area (Å²) in [5.74, 6) is 0.679. The smallest absolute Gasteiger partial charge is 0.275 e. The topological polar surface area (TPSA) is 61.3 Å². The maximum atomic E-state index is 13.0. The molecule has 0 amide bonds. The molecule has 4 aromatic rings. The van der Waals surface area contributed by atoms with E-state index in [0.29, 0.717) is 29.1 Å². The lowest BCUT2D eigenvalue weighted by molar-refractivity contribution is 0.516. The molecule has 6 nitrogen and oxygen atoms in total. The van der Waals surface area contributed by atoms with Crippen LogP contribution in [-0.2, 0) is 13.1 Å². The predicted octanol–water partition coefficient (Wildman–Crippen LogP) is 2.89. The summed E-state index contributed by atoms with van der Waals surface area (Å²) in [4.78, 5) is 25.9. The normalized spacial score (nSPS) is 11.8. The first kappa shape index (κ1) is 16.8. The van der Waals surface area contributed by atoms with Crippen molar-refractivity contribution < 1.29 is 0 Å². The van der Waals surface area contributed by atoms with Gasteiger partial charge in [0.25, 0.3) is 5.56 Å². The van der Waals surface area contributed by atoms with E-state index in [-0.39, 0.29) is 17.2 Å². The highest BCUT2D eigenvalue weighted by Crippen LogP contribution is 2.18. The van der Waals surface area contributed by atoms with E-state index >= 15 is 0 Å². The molecule has 0 fully saturated rings. The van der Waals surface area contributed by atoms with E-state index in [1.165, 1.54) is 21.6 Å². The Kier molecular flexibility index (Phi) is 4.03. The molecule has 1 aromatic carbocycles. The SMILES string of the molecule is Cc1ccc(Cn2nc3n(CC(C)C)c(=O)c4sccc4n3c2=O)cc1. The van der Waals surface area contributed by atoms with Crippen LogP contribution in [-0.4, -0.2) is 18.7 Å². The van der Waals surface area contributed by atoms with Gasteiger partial charge in [-0.25, -0.2) is 13.9 Å². The van der Waals surface area contributed by atoms with Crippen LogP contribution in [0.25, 0.3) is 16.0 Å². The maximum Gasteiger partial charge on any atom is 0.352 e. The van der Waals surface area contributed by atoms with Gasteiger partial charge in [0, 0.05) is 6.54 Å². The molecule has 0 bridgehead atoms. The van der Waals surface area contributed by atoms with E-state index in [9.17, 15) is 9.59 Å². The second kappa shape index (κ2) is 6.25. The molecule has 7 heteroatoms. The number of hydrogen-bond acceptors (Lipinski definition) is 4. The van der Waals surface area contributed by atoms with Gasteiger partial charge >= 0.3 is 5.69 Å². The van der Waals surface area contributed by atoms with Crippen molar-refractivity contribution in [1.29, 1.82) is 0 Å². The molecule has 0 radical (unpaired) electrons. The lowest BCUT2D eigenvalue weighted by Gasteiger charge is -2.09. The number of nitrogens with zero attached hydrogens (tertiary/aromatic N) is 4. The number of rotatable bonds is 4. The molecule has 26 heavy (non-hydrogen) atoms. The van der Waals surface area contributed by atoms with Crippen LogP contribution < -0.4 is 11.2 Å². The summed E-state index contributed by atoms with van der Waals surface area (Å²) in [6.45, 7) is 7.02. The lowest BCUT2D eigenvalue weighted by Crippen LogP contribution is -2.27. The molecule has 3 aromatic heterocycles. The van der Waals surface area contributed by atoms with Crippen LogP contribution in [0.3, 0.4) is 0 Å². The molecule has 0 saturated carbocycles. The Morgan fingerprint density at radius 2 is 1.85 bits per heavy atom. The third-order valence-corrected chi connectivity index (χ3v) is 5.28. The van der Waals surface area contributed by atoms with Crippen molar-refractivity contribution >= 4 is 27.3 Å². The highest BCUT2D eigenvalue weighted by molar-refractivity contribution is 7.17. The minimum Gasteiger partial charge on any atom is -0.275 e. The number of aryl methyl sites for hydroxylation is 1. The zero-order valence-electron chi connectivity index (χ0n) is 15.0. The van der Waals surface area contributed by atoms with Crippen molar-refractivity contribution in [2.24, 2.45) is 5.92 Å². The van der Waals surface area contributed by atoms with Gasteiger partial charge in [-0.1, -0.05) is 43.7 Å². The average molecular weight is 368 g/mol. The summed E-state index contributed by atoms with van der Waals surface area (Å²) < 4.78 is 5.21. The number of hydrogen-bond donors (Lipinski definition) is 0. The Morgan fingerprint density at radius 1 is 1.12 bits per heavy atom. The van der Waals surface area contributed by atoms with Crippen molar-refractivity contribution in [3.63, 3.8) is 0 Å². The van der Waals surface area contributed by atoms with E-state index in [4.69, 9.17) is 0 Å². The Bertz CT molecular complexity index is 1210. The van der Waals surface area contributed by atoms with Crippen LogP contribution in [0.5, 0.6) is 0 Å². The molecular formula is C19H20N4O2S. The monoisotopic (exact) mass is 368 g/mol.